The molecule has 1 amide bonds. The third kappa shape index (κ3) is 2.41. The van der Waals surface area contributed by atoms with Crippen LogP contribution in [0.15, 0.2) is 0 Å². The Bertz CT molecular complexity index is 421. The van der Waals surface area contributed by atoms with Crippen molar-refractivity contribution in [3.05, 3.63) is 11.4 Å². The van der Waals surface area contributed by atoms with Gasteiger partial charge in [0.25, 0.3) is 5.91 Å². The molecule has 1 fully saturated rings. The van der Waals surface area contributed by atoms with Crippen molar-refractivity contribution in [2.24, 2.45) is 7.05 Å². The van der Waals surface area contributed by atoms with Crippen LogP contribution in [0.3, 0.4) is 0 Å². The topological polar surface area (TPSA) is 64.2 Å². The fourth-order valence-corrected chi connectivity index (χ4v) is 2.91. The minimum atomic E-state index is 0.00750. The standard InChI is InChI=1S/C11H18N4OS/c1-8-9(12)10(14(2)13-8)11(16)15-4-3-6-17-7-5-15/h3-7,12H2,1-2H3. The van der Waals surface area contributed by atoms with Crippen LogP contribution in [0.5, 0.6) is 0 Å². The summed E-state index contributed by atoms with van der Waals surface area (Å²) in [4.78, 5) is 14.3. The molecule has 94 valence electrons. The first-order chi connectivity index (χ1) is 8.11. The second-order valence-corrected chi connectivity index (χ2v) is 5.45. The van der Waals surface area contributed by atoms with Gasteiger partial charge in [-0.1, -0.05) is 0 Å². The lowest BCUT2D eigenvalue weighted by Gasteiger charge is -2.20. The average Bonchev–Trinajstić information content (AvgIpc) is 2.52. The monoisotopic (exact) mass is 254 g/mol. The molecule has 6 heteroatoms. The summed E-state index contributed by atoms with van der Waals surface area (Å²) in [5.74, 6) is 2.14. The molecule has 0 saturated carbocycles. The number of aromatic nitrogens is 2. The van der Waals surface area contributed by atoms with Crippen LogP contribution in [-0.4, -0.2) is 45.2 Å². The molecule has 2 N–H and O–H groups in total. The molecule has 1 aromatic heterocycles. The number of thioether (sulfide) groups is 1. The molecule has 1 aromatic rings. The Morgan fingerprint density at radius 2 is 2.18 bits per heavy atom. The molecular formula is C11H18N4OS. The van der Waals surface area contributed by atoms with Gasteiger partial charge in [-0.2, -0.15) is 16.9 Å². The van der Waals surface area contributed by atoms with Gasteiger partial charge in [0.15, 0.2) is 0 Å². The van der Waals surface area contributed by atoms with Crippen molar-refractivity contribution in [3.63, 3.8) is 0 Å². The van der Waals surface area contributed by atoms with E-state index in [-0.39, 0.29) is 5.91 Å². The summed E-state index contributed by atoms with van der Waals surface area (Å²) in [6, 6.07) is 0. The lowest BCUT2D eigenvalue weighted by Crippen LogP contribution is -2.34. The molecule has 5 nitrogen and oxygen atoms in total. The van der Waals surface area contributed by atoms with Crippen LogP contribution in [0, 0.1) is 6.92 Å². The largest absolute Gasteiger partial charge is 0.395 e. The smallest absolute Gasteiger partial charge is 0.274 e. The first kappa shape index (κ1) is 12.3. The van der Waals surface area contributed by atoms with E-state index < -0.39 is 0 Å². The predicted octanol–water partition coefficient (Wildman–Crippen LogP) is 0.890. The van der Waals surface area contributed by atoms with Gasteiger partial charge in [-0.3, -0.25) is 9.48 Å². The van der Waals surface area contributed by atoms with E-state index in [1.165, 1.54) is 0 Å². The molecule has 17 heavy (non-hydrogen) atoms. The molecule has 0 bridgehead atoms. The maximum Gasteiger partial charge on any atom is 0.274 e. The zero-order valence-electron chi connectivity index (χ0n) is 10.3. The van der Waals surface area contributed by atoms with Gasteiger partial charge in [-0.25, -0.2) is 0 Å². The molecule has 0 atom stereocenters. The fourth-order valence-electron chi connectivity index (χ4n) is 2.03. The van der Waals surface area contributed by atoms with Crippen molar-refractivity contribution in [3.8, 4) is 0 Å². The summed E-state index contributed by atoms with van der Waals surface area (Å²) in [6.45, 7) is 3.44. The summed E-state index contributed by atoms with van der Waals surface area (Å²) in [6.07, 6.45) is 1.05. The van der Waals surface area contributed by atoms with Crippen LogP contribution < -0.4 is 5.73 Å². The number of carbonyl (C=O) groups is 1. The fraction of sp³-hybridized carbons (Fsp3) is 0.636. The van der Waals surface area contributed by atoms with E-state index in [9.17, 15) is 4.79 Å². The number of hydrogen-bond acceptors (Lipinski definition) is 4. The van der Waals surface area contributed by atoms with Gasteiger partial charge in [0.1, 0.15) is 5.69 Å². The molecule has 0 spiro atoms. The number of carbonyl (C=O) groups excluding carboxylic acids is 1. The Kier molecular flexibility index (Phi) is 3.61. The average molecular weight is 254 g/mol. The number of rotatable bonds is 1. The van der Waals surface area contributed by atoms with E-state index >= 15 is 0 Å². The Hall–Kier alpha value is -1.17. The zero-order chi connectivity index (χ0) is 12.4. The van der Waals surface area contributed by atoms with Gasteiger partial charge in [-0.15, -0.1) is 0 Å². The lowest BCUT2D eigenvalue weighted by atomic mass is 10.2. The highest BCUT2D eigenvalue weighted by Gasteiger charge is 2.24. The third-order valence-corrected chi connectivity index (χ3v) is 4.03. The van der Waals surface area contributed by atoms with E-state index in [0.717, 1.165) is 36.7 Å². The van der Waals surface area contributed by atoms with Gasteiger partial charge in [0.05, 0.1) is 11.4 Å². The summed E-state index contributed by atoms with van der Waals surface area (Å²) in [5, 5.41) is 4.19. The molecular weight excluding hydrogens is 236 g/mol. The molecule has 2 rings (SSSR count). The summed E-state index contributed by atoms with van der Waals surface area (Å²) >= 11 is 1.90. The van der Waals surface area contributed by atoms with Crippen LogP contribution in [0.1, 0.15) is 22.6 Å². The van der Waals surface area contributed by atoms with E-state index in [0.29, 0.717) is 11.4 Å². The maximum absolute atomic E-state index is 12.4. The van der Waals surface area contributed by atoms with Crippen LogP contribution in [-0.2, 0) is 7.05 Å². The van der Waals surface area contributed by atoms with E-state index in [4.69, 9.17) is 5.73 Å². The molecule has 0 unspecified atom stereocenters. The minimum Gasteiger partial charge on any atom is -0.395 e. The summed E-state index contributed by atoms with van der Waals surface area (Å²) in [7, 11) is 1.77. The van der Waals surface area contributed by atoms with E-state index in [2.05, 4.69) is 5.10 Å². The number of anilines is 1. The van der Waals surface area contributed by atoms with E-state index in [1.54, 1.807) is 11.7 Å². The van der Waals surface area contributed by atoms with Crippen molar-refractivity contribution in [1.29, 1.82) is 0 Å². The lowest BCUT2D eigenvalue weighted by molar-refractivity contribution is 0.0758. The van der Waals surface area contributed by atoms with Gasteiger partial charge in [0.2, 0.25) is 0 Å². The van der Waals surface area contributed by atoms with Gasteiger partial charge >= 0.3 is 0 Å². The van der Waals surface area contributed by atoms with Gasteiger partial charge in [-0.05, 0) is 19.1 Å². The van der Waals surface area contributed by atoms with Gasteiger partial charge < -0.3 is 10.6 Å². The Balaban J connectivity index is 2.23. The predicted molar refractivity (Wildman–Crippen MR) is 70.2 cm³/mol. The SMILES string of the molecule is Cc1nn(C)c(C(=O)N2CCCSCC2)c1N. The normalized spacial score (nSPS) is 16.9. The summed E-state index contributed by atoms with van der Waals surface area (Å²) in [5.41, 5.74) is 7.67. The Labute approximate surface area is 105 Å². The third-order valence-electron chi connectivity index (χ3n) is 2.98. The van der Waals surface area contributed by atoms with Gasteiger partial charge in [0, 0.05) is 25.9 Å². The van der Waals surface area contributed by atoms with Crippen LogP contribution in [0.2, 0.25) is 0 Å². The van der Waals surface area contributed by atoms with Crippen molar-refractivity contribution < 1.29 is 4.79 Å². The van der Waals surface area contributed by atoms with Crippen molar-refractivity contribution in [1.82, 2.24) is 14.7 Å². The molecule has 0 aromatic carbocycles. The minimum absolute atomic E-state index is 0.00750. The molecule has 1 aliphatic heterocycles. The maximum atomic E-state index is 12.4. The highest BCUT2D eigenvalue weighted by Crippen LogP contribution is 2.19. The highest BCUT2D eigenvalue weighted by molar-refractivity contribution is 7.99. The first-order valence-electron chi connectivity index (χ1n) is 5.77. The van der Waals surface area contributed by atoms with E-state index in [1.807, 2.05) is 23.6 Å². The van der Waals surface area contributed by atoms with Crippen LogP contribution in [0.25, 0.3) is 0 Å². The second-order valence-electron chi connectivity index (χ2n) is 4.23. The van der Waals surface area contributed by atoms with Crippen molar-refractivity contribution in [2.45, 2.75) is 13.3 Å². The van der Waals surface area contributed by atoms with Crippen LogP contribution >= 0.6 is 11.8 Å². The number of hydrogen-bond donors (Lipinski definition) is 1. The Morgan fingerprint density at radius 1 is 1.41 bits per heavy atom. The number of nitrogen functional groups attached to an aromatic ring is 1. The number of nitrogens with two attached hydrogens (primary N) is 1. The van der Waals surface area contributed by atoms with Crippen molar-refractivity contribution >= 4 is 23.4 Å². The zero-order valence-corrected chi connectivity index (χ0v) is 11.1. The first-order valence-corrected chi connectivity index (χ1v) is 6.93. The molecule has 1 aliphatic rings. The van der Waals surface area contributed by atoms with Crippen LogP contribution in [0.4, 0.5) is 5.69 Å². The summed E-state index contributed by atoms with van der Waals surface area (Å²) < 4.78 is 1.59. The quantitative estimate of drug-likeness (QED) is 0.808. The molecule has 0 aliphatic carbocycles. The molecule has 1 saturated heterocycles. The highest BCUT2D eigenvalue weighted by atomic mass is 32.2. The molecule has 2 heterocycles. The molecule has 0 radical (unpaired) electrons. The number of nitrogens with zero attached hydrogens (tertiary/aromatic N) is 3. The number of amides is 1. The number of aryl methyl sites for hydroxylation is 2. The van der Waals surface area contributed by atoms with Crippen molar-refractivity contribution in [2.75, 3.05) is 30.3 Å². The second kappa shape index (κ2) is 5.00. The Morgan fingerprint density at radius 3 is 2.82 bits per heavy atom.